The molecule has 3 aromatic carbocycles. The highest BCUT2D eigenvalue weighted by Crippen LogP contribution is 2.37. The van der Waals surface area contributed by atoms with Crippen molar-refractivity contribution in [1.82, 2.24) is 10.2 Å². The van der Waals surface area contributed by atoms with Crippen LogP contribution in [0.25, 0.3) is 0 Å². The van der Waals surface area contributed by atoms with Crippen LogP contribution in [0.3, 0.4) is 0 Å². The van der Waals surface area contributed by atoms with Crippen LogP contribution in [0.5, 0.6) is 23.0 Å². The minimum Gasteiger partial charge on any atom is -0.497 e. The Morgan fingerprint density at radius 3 is 2.18 bits per heavy atom. The van der Waals surface area contributed by atoms with Crippen LogP contribution in [0, 0.1) is 0 Å². The van der Waals surface area contributed by atoms with Crippen molar-refractivity contribution < 1.29 is 37.0 Å². The van der Waals surface area contributed by atoms with Gasteiger partial charge in [-0.05, 0) is 55.3 Å². The third-order valence-electron chi connectivity index (χ3n) is 6.84. The van der Waals surface area contributed by atoms with Crippen molar-refractivity contribution in [3.05, 3.63) is 71.2 Å². The number of sulfonamides is 1. The van der Waals surface area contributed by atoms with Gasteiger partial charge in [-0.15, -0.1) is 0 Å². The van der Waals surface area contributed by atoms with E-state index in [1.807, 2.05) is 6.92 Å². The Bertz CT molecular complexity index is 1570. The number of ether oxygens (including phenoxy) is 4. The number of nitrogens with one attached hydrogen (secondary N) is 1. The highest BCUT2D eigenvalue weighted by molar-refractivity contribution is 7.92. The second kappa shape index (κ2) is 15.5. The summed E-state index contributed by atoms with van der Waals surface area (Å²) < 4.78 is 51.1. The zero-order valence-corrected chi connectivity index (χ0v) is 27.2. The molecular formula is C31H38ClN3O8S. The predicted octanol–water partition coefficient (Wildman–Crippen LogP) is 4.51. The summed E-state index contributed by atoms with van der Waals surface area (Å²) in [5, 5.41) is 3.26. The first-order chi connectivity index (χ1) is 21.0. The summed E-state index contributed by atoms with van der Waals surface area (Å²) in [6.45, 7) is 3.25. The molecule has 3 rings (SSSR count). The van der Waals surface area contributed by atoms with Gasteiger partial charge in [-0.3, -0.25) is 13.9 Å². The van der Waals surface area contributed by atoms with E-state index in [0.29, 0.717) is 35.1 Å². The maximum absolute atomic E-state index is 14.3. The molecule has 1 unspecified atom stereocenters. The van der Waals surface area contributed by atoms with E-state index in [0.717, 1.165) is 4.31 Å². The van der Waals surface area contributed by atoms with E-state index in [2.05, 4.69) is 5.32 Å². The molecule has 0 aliphatic carbocycles. The quantitative estimate of drug-likeness (QED) is 0.256. The third-order valence-corrected chi connectivity index (χ3v) is 8.83. The molecule has 13 heteroatoms. The van der Waals surface area contributed by atoms with Crippen LogP contribution in [-0.2, 0) is 26.2 Å². The number of carbonyl (C=O) groups is 2. The lowest BCUT2D eigenvalue weighted by Gasteiger charge is -2.32. The molecule has 0 radical (unpaired) electrons. The van der Waals surface area contributed by atoms with E-state index in [1.54, 1.807) is 43.3 Å². The Morgan fingerprint density at radius 2 is 1.57 bits per heavy atom. The number of halogens is 1. The molecule has 11 nitrogen and oxygen atoms in total. The fourth-order valence-electron chi connectivity index (χ4n) is 4.42. The van der Waals surface area contributed by atoms with Crippen molar-refractivity contribution in [3.8, 4) is 23.0 Å². The standard InChI is InChI=1S/C31H38ClN3O8S/c1-7-15-33-31(37)21(2)34(19-22-9-8-10-23(32)16-22)30(36)20-35(26-17-24(40-3)11-13-27(26)41-4)44(38,39)25-12-14-28(42-5)29(18-25)43-6/h8-14,16-18,21H,7,15,19-20H2,1-6H3,(H,33,37). The first kappa shape index (κ1) is 34.3. The molecule has 2 amide bonds. The summed E-state index contributed by atoms with van der Waals surface area (Å²) in [6.07, 6.45) is 0.702. The summed E-state index contributed by atoms with van der Waals surface area (Å²) in [5.41, 5.74) is 0.718. The summed E-state index contributed by atoms with van der Waals surface area (Å²) in [7, 11) is 1.21. The van der Waals surface area contributed by atoms with Crippen LogP contribution < -0.4 is 28.6 Å². The van der Waals surface area contributed by atoms with E-state index >= 15 is 0 Å². The molecule has 0 saturated carbocycles. The maximum atomic E-state index is 14.3. The molecule has 0 aromatic heterocycles. The molecule has 3 aromatic rings. The van der Waals surface area contributed by atoms with Gasteiger partial charge in [0.1, 0.15) is 24.1 Å². The molecule has 0 spiro atoms. The second-order valence-corrected chi connectivity index (χ2v) is 12.0. The summed E-state index contributed by atoms with van der Waals surface area (Å²) in [4.78, 5) is 28.4. The number of anilines is 1. The average Bonchev–Trinajstić information content (AvgIpc) is 3.03. The van der Waals surface area contributed by atoms with Crippen molar-refractivity contribution in [1.29, 1.82) is 0 Å². The smallest absolute Gasteiger partial charge is 0.265 e. The van der Waals surface area contributed by atoms with E-state index in [-0.39, 0.29) is 34.5 Å². The monoisotopic (exact) mass is 647 g/mol. The number of amides is 2. The van der Waals surface area contributed by atoms with Gasteiger partial charge >= 0.3 is 0 Å². The fourth-order valence-corrected chi connectivity index (χ4v) is 6.07. The first-order valence-corrected chi connectivity index (χ1v) is 15.6. The molecule has 1 atom stereocenters. The molecule has 1 N–H and O–H groups in total. The third kappa shape index (κ3) is 8.06. The van der Waals surface area contributed by atoms with Gasteiger partial charge in [0.15, 0.2) is 11.5 Å². The van der Waals surface area contributed by atoms with Crippen molar-refractivity contribution in [2.45, 2.75) is 37.8 Å². The predicted molar refractivity (Wildman–Crippen MR) is 168 cm³/mol. The van der Waals surface area contributed by atoms with Crippen molar-refractivity contribution in [3.63, 3.8) is 0 Å². The number of methoxy groups -OCH3 is 4. The first-order valence-electron chi connectivity index (χ1n) is 13.8. The topological polar surface area (TPSA) is 124 Å². The van der Waals surface area contributed by atoms with Gasteiger partial charge in [-0.1, -0.05) is 30.7 Å². The van der Waals surface area contributed by atoms with Crippen molar-refractivity contribution >= 4 is 39.1 Å². The van der Waals surface area contributed by atoms with Gasteiger partial charge < -0.3 is 29.2 Å². The van der Waals surface area contributed by atoms with Crippen LogP contribution >= 0.6 is 11.6 Å². The number of carbonyl (C=O) groups excluding carboxylic acids is 2. The summed E-state index contributed by atoms with van der Waals surface area (Å²) in [6, 6.07) is 14.7. The summed E-state index contributed by atoms with van der Waals surface area (Å²) >= 11 is 6.20. The van der Waals surface area contributed by atoms with E-state index in [4.69, 9.17) is 30.5 Å². The number of rotatable bonds is 15. The molecule has 0 aliphatic heterocycles. The number of benzene rings is 3. The Kier molecular flexibility index (Phi) is 12.1. The van der Waals surface area contributed by atoms with Gasteiger partial charge in [-0.25, -0.2) is 8.42 Å². The molecule has 0 fully saturated rings. The zero-order valence-electron chi connectivity index (χ0n) is 25.6. The SMILES string of the molecule is CCCNC(=O)C(C)N(Cc1cccc(Cl)c1)C(=O)CN(c1cc(OC)ccc1OC)S(=O)(=O)c1ccc(OC)c(OC)c1. The van der Waals surface area contributed by atoms with Gasteiger partial charge in [0.25, 0.3) is 10.0 Å². The molecule has 0 aliphatic rings. The zero-order chi connectivity index (χ0) is 32.4. The number of hydrogen-bond donors (Lipinski definition) is 1. The number of nitrogens with zero attached hydrogens (tertiary/aromatic N) is 2. The molecule has 0 saturated heterocycles. The number of hydrogen-bond acceptors (Lipinski definition) is 8. The Balaban J connectivity index is 2.16. The minimum absolute atomic E-state index is 0.000400. The lowest BCUT2D eigenvalue weighted by molar-refractivity contribution is -0.139. The highest BCUT2D eigenvalue weighted by atomic mass is 35.5. The normalized spacial score (nSPS) is 11.7. The van der Waals surface area contributed by atoms with Crippen LogP contribution in [0.2, 0.25) is 5.02 Å². The van der Waals surface area contributed by atoms with E-state index in [9.17, 15) is 18.0 Å². The highest BCUT2D eigenvalue weighted by Gasteiger charge is 2.34. The van der Waals surface area contributed by atoms with Crippen LogP contribution in [0.4, 0.5) is 5.69 Å². The lowest BCUT2D eigenvalue weighted by atomic mass is 10.1. The lowest BCUT2D eigenvalue weighted by Crippen LogP contribution is -2.51. The van der Waals surface area contributed by atoms with Crippen LogP contribution in [0.1, 0.15) is 25.8 Å². The Labute approximate surface area is 263 Å². The Morgan fingerprint density at radius 1 is 0.886 bits per heavy atom. The minimum atomic E-state index is -4.44. The molecule has 0 bridgehead atoms. The largest absolute Gasteiger partial charge is 0.497 e. The molecule has 0 heterocycles. The molecule has 238 valence electrons. The van der Waals surface area contributed by atoms with Gasteiger partial charge in [0.2, 0.25) is 11.8 Å². The van der Waals surface area contributed by atoms with E-state index < -0.39 is 28.5 Å². The maximum Gasteiger partial charge on any atom is 0.265 e. The van der Waals surface area contributed by atoms with Crippen molar-refractivity contribution in [2.24, 2.45) is 0 Å². The fraction of sp³-hybridized carbons (Fsp3) is 0.355. The molecule has 44 heavy (non-hydrogen) atoms. The second-order valence-electron chi connectivity index (χ2n) is 9.68. The molecular weight excluding hydrogens is 610 g/mol. The van der Waals surface area contributed by atoms with E-state index in [1.165, 1.54) is 57.6 Å². The average molecular weight is 648 g/mol. The van der Waals surface area contributed by atoms with Crippen LogP contribution in [0.15, 0.2) is 65.6 Å². The van der Waals surface area contributed by atoms with Crippen LogP contribution in [-0.4, -0.2) is 72.7 Å². The van der Waals surface area contributed by atoms with Crippen molar-refractivity contribution in [2.75, 3.05) is 45.8 Å². The van der Waals surface area contributed by atoms with Gasteiger partial charge in [0, 0.05) is 30.2 Å². The summed E-state index contributed by atoms with van der Waals surface area (Å²) in [5.74, 6) is 0.00378. The van der Waals surface area contributed by atoms with Gasteiger partial charge in [0.05, 0.1) is 39.0 Å². The van der Waals surface area contributed by atoms with Gasteiger partial charge in [-0.2, -0.15) is 0 Å². The Hall–Kier alpha value is -4.16.